The zero-order valence-electron chi connectivity index (χ0n) is 18.9. The summed E-state index contributed by atoms with van der Waals surface area (Å²) in [5.41, 5.74) is 2.98. The Morgan fingerprint density at radius 3 is 2.59 bits per heavy atom. The van der Waals surface area contributed by atoms with Gasteiger partial charge in [0.1, 0.15) is 11.6 Å². The van der Waals surface area contributed by atoms with Crippen molar-refractivity contribution in [1.82, 2.24) is 4.90 Å². The predicted octanol–water partition coefficient (Wildman–Crippen LogP) is 6.34. The van der Waals surface area contributed by atoms with Gasteiger partial charge >= 0.3 is 0 Å². The summed E-state index contributed by atoms with van der Waals surface area (Å²) in [5.74, 6) is 0.377. The highest BCUT2D eigenvalue weighted by Crippen LogP contribution is 2.48. The Morgan fingerprint density at radius 1 is 1.06 bits per heavy atom. The molecule has 0 unspecified atom stereocenters. The Bertz CT molecular complexity index is 1240. The number of carbonyl (C=O) groups excluding carboxylic acids is 1. The van der Waals surface area contributed by atoms with Gasteiger partial charge in [0.2, 0.25) is 0 Å². The number of rotatable bonds is 4. The van der Waals surface area contributed by atoms with Crippen molar-refractivity contribution >= 4 is 34.8 Å². The molecule has 1 saturated heterocycles. The van der Waals surface area contributed by atoms with Crippen LogP contribution >= 0.6 is 23.2 Å². The van der Waals surface area contributed by atoms with E-state index in [1.807, 2.05) is 12.1 Å². The van der Waals surface area contributed by atoms with Gasteiger partial charge in [0.25, 0.3) is 5.91 Å². The standard InChI is InChI=1S/C27H25Cl2FN2O2/c1-34-21-4-2-3-18(13-21)16-31-11-9-27(10-12-31)17-32(25-8-6-20(30)15-23(25)27)26(33)22-7-5-19(28)14-24(22)29/h2-8,13-15H,9-12,16-17H2,1H3. The van der Waals surface area contributed by atoms with E-state index in [9.17, 15) is 9.18 Å². The molecule has 3 aromatic rings. The SMILES string of the molecule is COc1cccc(CN2CCC3(CC2)CN(C(=O)c2ccc(Cl)cc2Cl)c2ccc(F)cc23)c1. The Kier molecular flexibility index (Phi) is 6.28. The molecule has 0 N–H and O–H groups in total. The van der Waals surface area contributed by atoms with Crippen molar-refractivity contribution in [2.24, 2.45) is 0 Å². The smallest absolute Gasteiger partial charge is 0.259 e. The van der Waals surface area contributed by atoms with Gasteiger partial charge in [0.05, 0.1) is 17.7 Å². The third-order valence-electron chi connectivity index (χ3n) is 7.04. The molecule has 1 spiro atoms. The minimum atomic E-state index is -0.282. The van der Waals surface area contributed by atoms with Crippen LogP contribution in [0.4, 0.5) is 10.1 Å². The summed E-state index contributed by atoms with van der Waals surface area (Å²) in [5, 5.41) is 0.792. The molecule has 0 aromatic heterocycles. The minimum absolute atomic E-state index is 0.190. The predicted molar refractivity (Wildman–Crippen MR) is 134 cm³/mol. The molecule has 5 rings (SSSR count). The van der Waals surface area contributed by atoms with Crippen LogP contribution in [0.2, 0.25) is 10.0 Å². The largest absolute Gasteiger partial charge is 0.497 e. The summed E-state index contributed by atoms with van der Waals surface area (Å²) in [6.07, 6.45) is 1.68. The lowest BCUT2D eigenvalue weighted by Crippen LogP contribution is -2.45. The van der Waals surface area contributed by atoms with E-state index in [0.717, 1.165) is 49.5 Å². The third kappa shape index (κ3) is 4.28. The lowest BCUT2D eigenvalue weighted by Gasteiger charge is -2.40. The van der Waals surface area contributed by atoms with E-state index in [1.54, 1.807) is 42.3 Å². The quantitative estimate of drug-likeness (QED) is 0.420. The van der Waals surface area contributed by atoms with Crippen LogP contribution in [-0.2, 0) is 12.0 Å². The Balaban J connectivity index is 1.38. The number of nitrogens with zero attached hydrogens (tertiary/aromatic N) is 2. The lowest BCUT2D eigenvalue weighted by molar-refractivity contribution is 0.0975. The summed E-state index contributed by atoms with van der Waals surface area (Å²) in [6, 6.07) is 17.7. The molecule has 2 aliphatic rings. The fourth-order valence-electron chi connectivity index (χ4n) is 5.23. The highest BCUT2D eigenvalue weighted by molar-refractivity contribution is 6.37. The van der Waals surface area contributed by atoms with E-state index in [2.05, 4.69) is 17.0 Å². The number of methoxy groups -OCH3 is 1. The Morgan fingerprint density at radius 2 is 1.85 bits per heavy atom. The molecule has 1 amide bonds. The number of hydrogen-bond acceptors (Lipinski definition) is 3. The number of likely N-dealkylation sites (tertiary alicyclic amines) is 1. The van der Waals surface area contributed by atoms with E-state index < -0.39 is 0 Å². The molecular formula is C27H25Cl2FN2O2. The summed E-state index contributed by atoms with van der Waals surface area (Å²) in [6.45, 7) is 3.05. The molecule has 7 heteroatoms. The molecule has 2 heterocycles. The van der Waals surface area contributed by atoms with Crippen LogP contribution < -0.4 is 9.64 Å². The van der Waals surface area contributed by atoms with Crippen molar-refractivity contribution in [3.63, 3.8) is 0 Å². The number of fused-ring (bicyclic) bond motifs is 2. The number of benzene rings is 3. The Labute approximate surface area is 208 Å². The zero-order chi connectivity index (χ0) is 23.9. The van der Waals surface area contributed by atoms with E-state index in [0.29, 0.717) is 22.2 Å². The summed E-state index contributed by atoms with van der Waals surface area (Å²) in [7, 11) is 1.67. The highest BCUT2D eigenvalue weighted by Gasteiger charge is 2.46. The first kappa shape index (κ1) is 23.2. The highest BCUT2D eigenvalue weighted by atomic mass is 35.5. The van der Waals surface area contributed by atoms with Crippen molar-refractivity contribution in [3.8, 4) is 5.75 Å². The maximum Gasteiger partial charge on any atom is 0.259 e. The monoisotopic (exact) mass is 498 g/mol. The minimum Gasteiger partial charge on any atom is -0.497 e. The van der Waals surface area contributed by atoms with Crippen LogP contribution in [0.1, 0.15) is 34.3 Å². The molecular weight excluding hydrogens is 474 g/mol. The molecule has 2 aliphatic heterocycles. The van der Waals surface area contributed by atoms with Crippen molar-refractivity contribution in [2.45, 2.75) is 24.8 Å². The molecule has 0 radical (unpaired) electrons. The van der Waals surface area contributed by atoms with Gasteiger partial charge in [-0.25, -0.2) is 4.39 Å². The molecule has 1 fully saturated rings. The first-order chi connectivity index (χ1) is 16.4. The fourth-order valence-corrected chi connectivity index (χ4v) is 5.72. The first-order valence-electron chi connectivity index (χ1n) is 11.3. The number of hydrogen-bond donors (Lipinski definition) is 0. The van der Waals surface area contributed by atoms with E-state index in [1.165, 1.54) is 11.6 Å². The molecule has 3 aromatic carbocycles. The van der Waals surface area contributed by atoms with Crippen LogP contribution in [0.5, 0.6) is 5.75 Å². The molecule has 0 saturated carbocycles. The van der Waals surface area contributed by atoms with E-state index in [4.69, 9.17) is 27.9 Å². The number of halogens is 3. The fraction of sp³-hybridized carbons (Fsp3) is 0.296. The topological polar surface area (TPSA) is 32.8 Å². The van der Waals surface area contributed by atoms with Gasteiger partial charge in [-0.3, -0.25) is 9.69 Å². The van der Waals surface area contributed by atoms with Gasteiger partial charge in [0.15, 0.2) is 0 Å². The number of piperidine rings is 1. The molecule has 34 heavy (non-hydrogen) atoms. The van der Waals surface area contributed by atoms with Gasteiger partial charge in [-0.05, 0) is 85.6 Å². The number of anilines is 1. The second kappa shape index (κ2) is 9.21. The second-order valence-electron chi connectivity index (χ2n) is 9.08. The first-order valence-corrected chi connectivity index (χ1v) is 12.1. The van der Waals surface area contributed by atoms with Crippen LogP contribution in [-0.4, -0.2) is 37.6 Å². The molecule has 176 valence electrons. The van der Waals surface area contributed by atoms with Crippen molar-refractivity contribution in [1.29, 1.82) is 0 Å². The molecule has 0 atom stereocenters. The Hall–Kier alpha value is -2.60. The second-order valence-corrected chi connectivity index (χ2v) is 9.93. The maximum absolute atomic E-state index is 14.3. The molecule has 4 nitrogen and oxygen atoms in total. The average Bonchev–Trinajstić information content (AvgIpc) is 3.13. The summed E-state index contributed by atoms with van der Waals surface area (Å²) in [4.78, 5) is 17.7. The van der Waals surface area contributed by atoms with Crippen molar-refractivity contribution in [2.75, 3.05) is 31.6 Å². The number of amides is 1. The molecule has 0 bridgehead atoms. The van der Waals surface area contributed by atoms with Crippen molar-refractivity contribution in [3.05, 3.63) is 93.2 Å². The number of ether oxygens (including phenoxy) is 1. The van der Waals surface area contributed by atoms with Crippen LogP contribution in [0.3, 0.4) is 0 Å². The van der Waals surface area contributed by atoms with Crippen LogP contribution in [0.15, 0.2) is 60.7 Å². The van der Waals surface area contributed by atoms with Gasteiger partial charge < -0.3 is 9.64 Å². The van der Waals surface area contributed by atoms with Crippen molar-refractivity contribution < 1.29 is 13.9 Å². The van der Waals surface area contributed by atoms with Gasteiger partial charge in [-0.1, -0.05) is 35.3 Å². The maximum atomic E-state index is 14.3. The van der Waals surface area contributed by atoms with E-state index in [-0.39, 0.29) is 17.1 Å². The van der Waals surface area contributed by atoms with E-state index >= 15 is 0 Å². The normalized spacial score (nSPS) is 17.1. The summed E-state index contributed by atoms with van der Waals surface area (Å²) >= 11 is 12.4. The number of carbonyl (C=O) groups is 1. The third-order valence-corrected chi connectivity index (χ3v) is 7.59. The lowest BCUT2D eigenvalue weighted by atomic mass is 9.74. The zero-order valence-corrected chi connectivity index (χ0v) is 20.4. The van der Waals surface area contributed by atoms with Crippen LogP contribution in [0, 0.1) is 5.82 Å². The van der Waals surface area contributed by atoms with Gasteiger partial charge in [-0.15, -0.1) is 0 Å². The van der Waals surface area contributed by atoms with Gasteiger partial charge in [0, 0.05) is 29.2 Å². The van der Waals surface area contributed by atoms with Gasteiger partial charge in [-0.2, -0.15) is 0 Å². The average molecular weight is 499 g/mol. The summed E-state index contributed by atoms with van der Waals surface area (Å²) < 4.78 is 19.7. The van der Waals surface area contributed by atoms with Crippen LogP contribution in [0.25, 0.3) is 0 Å². The molecule has 0 aliphatic carbocycles.